The van der Waals surface area contributed by atoms with E-state index in [1.165, 1.54) is 0 Å². The maximum atomic E-state index is 10.9. The zero-order chi connectivity index (χ0) is 8.20. The van der Waals surface area contributed by atoms with E-state index >= 15 is 0 Å². The summed E-state index contributed by atoms with van der Waals surface area (Å²) in [6, 6.07) is 0. The molecule has 6 nitrogen and oxygen atoms in total. The van der Waals surface area contributed by atoms with Crippen molar-refractivity contribution in [2.45, 2.75) is 0 Å². The first-order valence-electron chi connectivity index (χ1n) is 1.59. The molecule has 0 aliphatic rings. The minimum atomic E-state index is -5.17. The molecule has 0 spiro atoms. The van der Waals surface area contributed by atoms with Crippen LogP contribution in [0.2, 0.25) is 0 Å². The predicted octanol–water partition coefficient (Wildman–Crippen LogP) is 1.62. The Morgan fingerprint density at radius 2 is 1.55 bits per heavy atom. The van der Waals surface area contributed by atoms with Gasteiger partial charge in [0.25, 0.3) is 0 Å². The van der Waals surface area contributed by atoms with E-state index in [-0.39, 0.29) is 29.6 Å². The Kier molecular flexibility index (Phi) is 8.37. The molecule has 0 aliphatic carbocycles. The zero-order valence-corrected chi connectivity index (χ0v) is 8.89. The minimum Gasteiger partial charge on any atom is -0.222 e. The summed E-state index contributed by atoms with van der Waals surface area (Å²) in [5.41, 5.74) is 0. The van der Waals surface area contributed by atoms with Gasteiger partial charge in [-0.1, -0.05) is 9.46 Å². The molecule has 0 atom stereocenters. The van der Waals surface area contributed by atoms with Gasteiger partial charge in [0.1, 0.15) is 0 Å². The second-order valence-corrected chi connectivity index (χ2v) is 3.16. The molecule has 0 N–H and O–H groups in total. The second-order valence-electron chi connectivity index (χ2n) is 0.890. The van der Waals surface area contributed by atoms with Gasteiger partial charge in [-0.2, -0.15) is 4.31 Å². The van der Waals surface area contributed by atoms with Gasteiger partial charge in [-0.05, 0) is 9.05 Å². The molecular weight excluding hydrogens is 219 g/mol. The summed E-state index contributed by atoms with van der Waals surface area (Å²) in [5.74, 6) is 0. The average Bonchev–Trinajstić information content (AvgIpc) is 1.87. The Labute approximate surface area is 81.8 Å². The van der Waals surface area contributed by atoms with Crippen molar-refractivity contribution in [3.8, 4) is 0 Å². The summed E-state index contributed by atoms with van der Waals surface area (Å²) in [7, 11) is -8.86. The summed E-state index contributed by atoms with van der Waals surface area (Å²) in [5, 5.41) is 0. The minimum absolute atomic E-state index is 0. The first-order chi connectivity index (χ1) is 4.54. The van der Waals surface area contributed by atoms with Crippen molar-refractivity contribution in [1.82, 2.24) is 0 Å². The smallest absolute Gasteiger partial charge is 0.222 e. The third-order valence-electron chi connectivity index (χ3n) is 0.336. The molecule has 0 unspecified atom stereocenters. The molecule has 0 aromatic carbocycles. The molecular formula is F2NaO6P2. The number of hydrogen-bond acceptors (Lipinski definition) is 6. The topological polar surface area (TPSA) is 78.9 Å². The molecule has 0 saturated heterocycles. The van der Waals surface area contributed by atoms with Crippen LogP contribution < -0.4 is 0 Å². The summed E-state index contributed by atoms with van der Waals surface area (Å²) in [6.45, 7) is 0. The van der Waals surface area contributed by atoms with E-state index in [9.17, 15) is 22.7 Å². The first kappa shape index (κ1) is 14.4. The number of hydrogen-bond donors (Lipinski definition) is 0. The van der Waals surface area contributed by atoms with Crippen molar-refractivity contribution in [2.24, 2.45) is 0 Å². The van der Waals surface area contributed by atoms with Gasteiger partial charge in [0.15, 0.2) is 0 Å². The Morgan fingerprint density at radius 3 is 1.64 bits per heavy atom. The van der Waals surface area contributed by atoms with Crippen LogP contribution in [0, 0.1) is 0 Å². The van der Waals surface area contributed by atoms with Crippen molar-refractivity contribution in [3.05, 3.63) is 0 Å². The standard InChI is InChI=1S/F2O6P2.Na/c1-6-10(5,7-2)8-9(3)4;. The third-order valence-corrected chi connectivity index (χ3v) is 2.01. The van der Waals surface area contributed by atoms with Crippen LogP contribution in [0.1, 0.15) is 0 Å². The van der Waals surface area contributed by atoms with Gasteiger partial charge in [0.05, 0.1) is 0 Å². The van der Waals surface area contributed by atoms with Crippen molar-refractivity contribution in [2.75, 3.05) is 0 Å². The predicted molar refractivity (Wildman–Crippen MR) is 27.1 cm³/mol. The van der Waals surface area contributed by atoms with Crippen LogP contribution in [0.5, 0.6) is 0 Å². The van der Waals surface area contributed by atoms with E-state index < -0.39 is 15.7 Å². The molecule has 0 aromatic rings. The van der Waals surface area contributed by atoms with E-state index in [2.05, 4.69) is 13.8 Å². The molecule has 0 amide bonds. The second kappa shape index (κ2) is 6.39. The fourth-order valence-corrected chi connectivity index (χ4v) is 0.994. The number of rotatable bonds is 4. The van der Waals surface area contributed by atoms with Crippen LogP contribution in [0.3, 0.4) is 0 Å². The van der Waals surface area contributed by atoms with Crippen molar-refractivity contribution < 1.29 is 36.5 Å². The Morgan fingerprint density at radius 1 is 1.18 bits per heavy atom. The van der Waals surface area contributed by atoms with Crippen LogP contribution in [-0.2, 0) is 27.5 Å². The Hall–Kier alpha value is 0.870. The van der Waals surface area contributed by atoms with E-state index in [1.807, 2.05) is 0 Å². The van der Waals surface area contributed by atoms with Crippen LogP contribution in [0.4, 0.5) is 9.05 Å². The van der Waals surface area contributed by atoms with Gasteiger partial charge in [0, 0.05) is 29.6 Å². The maximum Gasteiger partial charge on any atom is 0.549 e. The van der Waals surface area contributed by atoms with E-state index in [1.54, 1.807) is 0 Å². The van der Waals surface area contributed by atoms with Crippen LogP contribution in [0.15, 0.2) is 0 Å². The summed E-state index contributed by atoms with van der Waals surface area (Å²) in [4.78, 5) is 0. The van der Waals surface area contributed by atoms with Gasteiger partial charge in [-0.15, -0.1) is 0 Å². The first-order valence-corrected chi connectivity index (χ1v) is 4.14. The Bertz CT molecular complexity index is 195. The molecule has 0 saturated carbocycles. The molecule has 11 heteroatoms. The van der Waals surface area contributed by atoms with E-state index in [0.29, 0.717) is 0 Å². The Balaban J connectivity index is 0. The molecule has 0 aliphatic heterocycles. The summed E-state index contributed by atoms with van der Waals surface area (Å²) in [6.07, 6.45) is 0. The van der Waals surface area contributed by atoms with Gasteiger partial charge in [-0.25, -0.2) is 13.7 Å². The van der Waals surface area contributed by atoms with Crippen molar-refractivity contribution in [1.29, 1.82) is 0 Å². The summed E-state index contributed by atoms with van der Waals surface area (Å²) < 4.78 is 58.2. The summed E-state index contributed by atoms with van der Waals surface area (Å²) >= 11 is 0. The third kappa shape index (κ3) is 6.07. The quantitative estimate of drug-likeness (QED) is 0.527. The van der Waals surface area contributed by atoms with Gasteiger partial charge >= 0.3 is 15.7 Å². The molecule has 0 fully saturated rings. The largest absolute Gasteiger partial charge is 0.549 e. The van der Waals surface area contributed by atoms with Crippen LogP contribution in [-0.4, -0.2) is 29.6 Å². The molecule has 0 aromatic heterocycles. The number of phosphoric acid groups is 1. The SMILES string of the molecule is O=P(=O)OP(=O)(OF)OF.[Na]. The molecule has 0 heterocycles. The monoisotopic (exact) mass is 219 g/mol. The van der Waals surface area contributed by atoms with E-state index in [4.69, 9.17) is 0 Å². The van der Waals surface area contributed by atoms with Crippen LogP contribution in [0.25, 0.3) is 0 Å². The molecule has 61 valence electrons. The molecule has 0 bridgehead atoms. The maximum absolute atomic E-state index is 10.9. The van der Waals surface area contributed by atoms with Gasteiger partial charge in [-0.3, -0.25) is 0 Å². The van der Waals surface area contributed by atoms with Crippen molar-refractivity contribution >= 4 is 45.3 Å². The van der Waals surface area contributed by atoms with Gasteiger partial charge in [0.2, 0.25) is 0 Å². The van der Waals surface area contributed by atoms with Gasteiger partial charge < -0.3 is 0 Å². The number of halogens is 2. The van der Waals surface area contributed by atoms with Crippen molar-refractivity contribution in [3.63, 3.8) is 0 Å². The fraction of sp³-hybridized carbons (Fsp3) is 0. The zero-order valence-electron chi connectivity index (χ0n) is 5.10. The van der Waals surface area contributed by atoms with E-state index in [0.717, 1.165) is 0 Å². The molecule has 1 radical (unpaired) electrons. The molecule has 0 rings (SSSR count). The normalized spacial score (nSPS) is 10.4. The average molecular weight is 219 g/mol. The fourth-order valence-electron chi connectivity index (χ4n) is 0.117. The molecule has 11 heavy (non-hydrogen) atoms. The van der Waals surface area contributed by atoms with Crippen LogP contribution >= 0.6 is 15.7 Å².